The number of carbonyl (C=O) groups is 1. The number of aromatic nitrogens is 1. The van der Waals surface area contributed by atoms with Crippen LogP contribution in [0.2, 0.25) is 5.02 Å². The van der Waals surface area contributed by atoms with Crippen molar-refractivity contribution in [2.24, 2.45) is 0 Å². The summed E-state index contributed by atoms with van der Waals surface area (Å²) in [4.78, 5) is 15.0. The molecule has 0 aliphatic carbocycles. The molecule has 0 unspecified atom stereocenters. The van der Waals surface area contributed by atoms with Gasteiger partial charge in [0.2, 0.25) is 0 Å². The van der Waals surface area contributed by atoms with Gasteiger partial charge in [-0.1, -0.05) is 61.8 Å². The van der Waals surface area contributed by atoms with E-state index in [0.717, 1.165) is 41.7 Å². The van der Waals surface area contributed by atoms with E-state index >= 15 is 0 Å². The number of halogens is 2. The van der Waals surface area contributed by atoms with Gasteiger partial charge in [-0.05, 0) is 30.8 Å². The molecule has 0 fully saturated rings. The second kappa shape index (κ2) is 9.97. The number of hydrogen-bond donors (Lipinski definition) is 0. The van der Waals surface area contributed by atoms with Gasteiger partial charge in [-0.2, -0.15) is 0 Å². The number of methoxy groups -OCH3 is 1. The van der Waals surface area contributed by atoms with Crippen LogP contribution in [0.25, 0.3) is 22.0 Å². The van der Waals surface area contributed by atoms with E-state index in [0.29, 0.717) is 17.3 Å². The number of benzene rings is 2. The molecular weight excluding hydrogens is 395 g/mol. The standard InChI is InChI=1S/C22H25ClN2O2.ClH/c1-4-24(5-2)13-14-25-20(16-9-7-6-8-10-16)19-15-17(23)11-12-18(19)21(25)22(26)27-3;/h6-12,15H,4-5,13-14H2,1-3H3;1H. The summed E-state index contributed by atoms with van der Waals surface area (Å²) in [6, 6.07) is 15.8. The van der Waals surface area contributed by atoms with Crippen LogP contribution in [0, 0.1) is 0 Å². The van der Waals surface area contributed by atoms with Gasteiger partial charge >= 0.3 is 5.97 Å². The van der Waals surface area contributed by atoms with Crippen LogP contribution in [0.15, 0.2) is 48.5 Å². The third kappa shape index (κ3) is 4.35. The molecule has 2 aromatic carbocycles. The van der Waals surface area contributed by atoms with Crippen LogP contribution in [0.5, 0.6) is 0 Å². The summed E-state index contributed by atoms with van der Waals surface area (Å²) in [7, 11) is 1.42. The van der Waals surface area contributed by atoms with Gasteiger partial charge in [-0.15, -0.1) is 12.4 Å². The van der Waals surface area contributed by atoms with Crippen molar-refractivity contribution in [3.05, 3.63) is 59.2 Å². The first kappa shape index (κ1) is 22.3. The summed E-state index contributed by atoms with van der Waals surface area (Å²) >= 11 is 6.29. The third-order valence-electron chi connectivity index (χ3n) is 4.99. The highest BCUT2D eigenvalue weighted by atomic mass is 35.5. The summed E-state index contributed by atoms with van der Waals surface area (Å²) in [6.07, 6.45) is 0. The van der Waals surface area contributed by atoms with Gasteiger partial charge in [0.1, 0.15) is 5.69 Å². The second-order valence-corrected chi connectivity index (χ2v) is 6.86. The first-order valence-electron chi connectivity index (χ1n) is 9.28. The number of rotatable bonds is 7. The van der Waals surface area contributed by atoms with E-state index in [2.05, 4.69) is 35.4 Å². The van der Waals surface area contributed by atoms with Crippen molar-refractivity contribution in [1.82, 2.24) is 9.47 Å². The zero-order valence-corrected chi connectivity index (χ0v) is 18.0. The topological polar surface area (TPSA) is 34.5 Å². The Kier molecular flexibility index (Phi) is 7.93. The third-order valence-corrected chi connectivity index (χ3v) is 5.23. The Morgan fingerprint density at radius 2 is 1.75 bits per heavy atom. The Balaban J connectivity index is 0.00000280. The quantitative estimate of drug-likeness (QED) is 0.472. The number of hydrogen-bond acceptors (Lipinski definition) is 3. The van der Waals surface area contributed by atoms with Crippen molar-refractivity contribution in [3.8, 4) is 11.3 Å². The highest BCUT2D eigenvalue weighted by molar-refractivity contribution is 6.31. The Labute approximate surface area is 177 Å². The van der Waals surface area contributed by atoms with Gasteiger partial charge in [-0.25, -0.2) is 4.79 Å². The van der Waals surface area contributed by atoms with E-state index in [1.807, 2.05) is 36.4 Å². The molecule has 150 valence electrons. The Morgan fingerprint density at radius 3 is 2.36 bits per heavy atom. The molecule has 0 N–H and O–H groups in total. The minimum atomic E-state index is -0.330. The molecule has 0 spiro atoms. The molecule has 3 aromatic rings. The molecule has 28 heavy (non-hydrogen) atoms. The SMILES string of the molecule is CCN(CC)CCn1c(C(=O)OC)c2ccc(Cl)cc2c1-c1ccccc1.Cl. The van der Waals surface area contributed by atoms with Crippen LogP contribution in [0.4, 0.5) is 0 Å². The van der Waals surface area contributed by atoms with Gasteiger partial charge in [0.15, 0.2) is 0 Å². The first-order valence-corrected chi connectivity index (χ1v) is 9.66. The van der Waals surface area contributed by atoms with Gasteiger partial charge in [-0.3, -0.25) is 0 Å². The molecule has 1 heterocycles. The van der Waals surface area contributed by atoms with E-state index in [4.69, 9.17) is 16.3 Å². The van der Waals surface area contributed by atoms with Crippen molar-refractivity contribution in [2.45, 2.75) is 20.4 Å². The largest absolute Gasteiger partial charge is 0.464 e. The predicted molar refractivity (Wildman–Crippen MR) is 119 cm³/mol. The minimum absolute atomic E-state index is 0. The lowest BCUT2D eigenvalue weighted by Crippen LogP contribution is -2.28. The van der Waals surface area contributed by atoms with Crippen LogP contribution in [-0.2, 0) is 11.3 Å². The fourth-order valence-corrected chi connectivity index (χ4v) is 3.72. The molecule has 3 rings (SSSR count). The minimum Gasteiger partial charge on any atom is -0.464 e. The number of esters is 1. The van der Waals surface area contributed by atoms with Crippen molar-refractivity contribution in [3.63, 3.8) is 0 Å². The average molecular weight is 421 g/mol. The predicted octanol–water partition coefficient (Wildman–Crippen LogP) is 5.51. The second-order valence-electron chi connectivity index (χ2n) is 6.42. The van der Waals surface area contributed by atoms with Crippen LogP contribution in [0.1, 0.15) is 24.3 Å². The summed E-state index contributed by atoms with van der Waals surface area (Å²) in [5.41, 5.74) is 2.63. The molecule has 0 aliphatic heterocycles. The Hall–Kier alpha value is -2.01. The number of ether oxygens (including phenoxy) is 1. The summed E-state index contributed by atoms with van der Waals surface area (Å²) < 4.78 is 7.20. The van der Waals surface area contributed by atoms with E-state index in [1.54, 1.807) is 0 Å². The summed E-state index contributed by atoms with van der Waals surface area (Å²) in [5.74, 6) is -0.330. The van der Waals surface area contributed by atoms with Crippen LogP contribution in [0.3, 0.4) is 0 Å². The zero-order valence-electron chi connectivity index (χ0n) is 16.4. The van der Waals surface area contributed by atoms with Crippen molar-refractivity contribution in [1.29, 1.82) is 0 Å². The fourth-order valence-electron chi connectivity index (χ4n) is 3.55. The van der Waals surface area contributed by atoms with Crippen LogP contribution < -0.4 is 0 Å². The zero-order chi connectivity index (χ0) is 19.4. The van der Waals surface area contributed by atoms with Gasteiger partial charge in [0, 0.05) is 28.9 Å². The maximum Gasteiger partial charge on any atom is 0.355 e. The summed E-state index contributed by atoms with van der Waals surface area (Å²) in [6.45, 7) is 7.78. The molecule has 4 nitrogen and oxygen atoms in total. The highest BCUT2D eigenvalue weighted by Gasteiger charge is 2.24. The maximum absolute atomic E-state index is 12.7. The Bertz CT molecular complexity index is 935. The van der Waals surface area contributed by atoms with Crippen molar-refractivity contribution in [2.75, 3.05) is 26.7 Å². The van der Waals surface area contributed by atoms with Crippen LogP contribution in [-0.4, -0.2) is 42.2 Å². The van der Waals surface area contributed by atoms with Gasteiger partial charge in [0.05, 0.1) is 12.8 Å². The lowest BCUT2D eigenvalue weighted by atomic mass is 10.1. The normalized spacial score (nSPS) is 10.9. The molecule has 0 saturated heterocycles. The van der Waals surface area contributed by atoms with Gasteiger partial charge in [0.25, 0.3) is 0 Å². The van der Waals surface area contributed by atoms with E-state index < -0.39 is 0 Å². The molecule has 6 heteroatoms. The number of likely N-dealkylation sites (N-methyl/N-ethyl adjacent to an activating group) is 1. The first-order chi connectivity index (χ1) is 13.1. The van der Waals surface area contributed by atoms with Crippen molar-refractivity contribution < 1.29 is 9.53 Å². The van der Waals surface area contributed by atoms with Crippen LogP contribution >= 0.6 is 24.0 Å². The molecule has 1 aromatic heterocycles. The van der Waals surface area contributed by atoms with Gasteiger partial charge < -0.3 is 14.2 Å². The fraction of sp³-hybridized carbons (Fsp3) is 0.318. The van der Waals surface area contributed by atoms with E-state index in [-0.39, 0.29) is 18.4 Å². The number of carbonyl (C=O) groups excluding carboxylic acids is 1. The Morgan fingerprint density at radius 1 is 1.07 bits per heavy atom. The average Bonchev–Trinajstić information content (AvgIpc) is 3.02. The smallest absolute Gasteiger partial charge is 0.355 e. The lowest BCUT2D eigenvalue weighted by Gasteiger charge is -2.20. The molecule has 0 radical (unpaired) electrons. The molecule has 0 atom stereocenters. The molecule has 0 bridgehead atoms. The molecule has 0 amide bonds. The number of nitrogens with zero attached hydrogens (tertiary/aromatic N) is 2. The highest BCUT2D eigenvalue weighted by Crippen LogP contribution is 2.36. The number of fused-ring (bicyclic) bond motifs is 1. The van der Waals surface area contributed by atoms with E-state index in [1.165, 1.54) is 7.11 Å². The molecule has 0 saturated carbocycles. The lowest BCUT2D eigenvalue weighted by molar-refractivity contribution is 0.0590. The maximum atomic E-state index is 12.7. The van der Waals surface area contributed by atoms with Crippen molar-refractivity contribution >= 4 is 40.7 Å². The van der Waals surface area contributed by atoms with E-state index in [9.17, 15) is 4.79 Å². The molecule has 0 aliphatic rings. The monoisotopic (exact) mass is 420 g/mol. The molecular formula is C22H26Cl2N2O2. The summed E-state index contributed by atoms with van der Waals surface area (Å²) in [5, 5.41) is 2.48.